The highest BCUT2D eigenvalue weighted by atomic mass is 19.4. The van der Waals surface area contributed by atoms with Crippen LogP contribution in [0, 0.1) is 24.1 Å². The molecule has 0 radical (unpaired) electrons. The predicted molar refractivity (Wildman–Crippen MR) is 157 cm³/mol. The van der Waals surface area contributed by atoms with Gasteiger partial charge in [0.2, 0.25) is 5.62 Å². The third kappa shape index (κ3) is 6.06. The Morgan fingerprint density at radius 1 is 1.02 bits per heavy atom. The lowest BCUT2D eigenvalue weighted by atomic mass is 9.96. The van der Waals surface area contributed by atoms with Crippen molar-refractivity contribution in [2.75, 3.05) is 0 Å². The number of carbonyl (C=O) groups excluding carboxylic acids is 1. The first-order valence-electron chi connectivity index (χ1n) is 14.2. The standard InChI is InChI=1S/C34H29F4N5O/c1-21-16-24(11-12-29(21)35)30(23-9-10-23)41-32(44)26-18-22(17-25(19-26)28-8-5-13-40-31(28)34(36,37)38)20-42-14-15-43(33(42)39)27-6-3-2-4-7-27/h2-8,11-19,23,30,39H,9-10,20H2,1H3,(H,41,44)/t30-/m0/s1. The van der Waals surface area contributed by atoms with Gasteiger partial charge in [0.1, 0.15) is 5.82 Å². The van der Waals surface area contributed by atoms with Gasteiger partial charge in [-0.05, 0) is 90.4 Å². The first kappa shape index (κ1) is 29.1. The Balaban J connectivity index is 1.40. The molecule has 1 aliphatic carbocycles. The summed E-state index contributed by atoms with van der Waals surface area (Å²) in [5, 5.41) is 11.8. The van der Waals surface area contributed by atoms with Gasteiger partial charge in [-0.15, -0.1) is 0 Å². The molecule has 5 aromatic rings. The van der Waals surface area contributed by atoms with Crippen molar-refractivity contribution in [2.45, 2.75) is 38.5 Å². The van der Waals surface area contributed by atoms with Crippen LogP contribution in [0.3, 0.4) is 0 Å². The van der Waals surface area contributed by atoms with Crippen LogP contribution in [0.5, 0.6) is 0 Å². The molecule has 10 heteroatoms. The zero-order valence-corrected chi connectivity index (χ0v) is 23.8. The second-order valence-corrected chi connectivity index (χ2v) is 11.1. The molecular weight excluding hydrogens is 570 g/mol. The van der Waals surface area contributed by atoms with E-state index in [-0.39, 0.29) is 46.6 Å². The maximum Gasteiger partial charge on any atom is 0.433 e. The summed E-state index contributed by atoms with van der Waals surface area (Å²) in [6, 6.07) is 21.1. The number of amides is 1. The molecule has 44 heavy (non-hydrogen) atoms. The van der Waals surface area contributed by atoms with Gasteiger partial charge in [0.25, 0.3) is 5.91 Å². The molecule has 0 bridgehead atoms. The lowest BCUT2D eigenvalue weighted by molar-refractivity contribution is -0.140. The lowest BCUT2D eigenvalue weighted by Gasteiger charge is -2.20. The average molecular weight is 600 g/mol. The maximum absolute atomic E-state index is 14.0. The van der Waals surface area contributed by atoms with Gasteiger partial charge in [-0.25, -0.2) is 4.39 Å². The molecule has 2 heterocycles. The number of hydrogen-bond donors (Lipinski definition) is 2. The van der Waals surface area contributed by atoms with Crippen LogP contribution in [0.4, 0.5) is 17.6 Å². The van der Waals surface area contributed by atoms with E-state index in [1.165, 1.54) is 24.3 Å². The van der Waals surface area contributed by atoms with E-state index in [2.05, 4.69) is 10.3 Å². The number of nitrogens with zero attached hydrogens (tertiary/aromatic N) is 3. The molecule has 1 amide bonds. The SMILES string of the molecule is Cc1cc([C@@H](NC(=O)c2cc(Cn3ccn(-c4ccccc4)c3=N)cc(-c3cccnc3C(F)(F)F)c2)C2CC2)ccc1F. The Labute approximate surface area is 251 Å². The zero-order valence-electron chi connectivity index (χ0n) is 23.8. The summed E-state index contributed by atoms with van der Waals surface area (Å²) in [6.45, 7) is 1.80. The van der Waals surface area contributed by atoms with Gasteiger partial charge >= 0.3 is 6.18 Å². The molecule has 0 unspecified atom stereocenters. The Hall–Kier alpha value is -4.99. The summed E-state index contributed by atoms with van der Waals surface area (Å²) in [6.07, 6.45) is 1.64. The number of aromatic nitrogens is 3. The van der Waals surface area contributed by atoms with Crippen LogP contribution >= 0.6 is 0 Å². The lowest BCUT2D eigenvalue weighted by Crippen LogP contribution is -2.30. The smallest absolute Gasteiger partial charge is 0.345 e. The third-order valence-corrected chi connectivity index (χ3v) is 7.85. The van der Waals surface area contributed by atoms with Gasteiger partial charge in [0.05, 0.1) is 12.6 Å². The molecule has 0 spiro atoms. The van der Waals surface area contributed by atoms with Crippen LogP contribution in [0.25, 0.3) is 16.8 Å². The van der Waals surface area contributed by atoms with Gasteiger partial charge in [-0.2, -0.15) is 13.2 Å². The van der Waals surface area contributed by atoms with Crippen molar-refractivity contribution in [1.82, 2.24) is 19.4 Å². The number of nitrogens with one attached hydrogen (secondary N) is 2. The van der Waals surface area contributed by atoms with E-state index >= 15 is 0 Å². The fourth-order valence-electron chi connectivity index (χ4n) is 5.47. The largest absolute Gasteiger partial charge is 0.433 e. The monoisotopic (exact) mass is 599 g/mol. The van der Waals surface area contributed by atoms with Gasteiger partial charge in [-0.1, -0.05) is 36.4 Å². The Morgan fingerprint density at radius 3 is 2.50 bits per heavy atom. The Kier molecular flexibility index (Phi) is 7.67. The van der Waals surface area contributed by atoms with Crippen molar-refractivity contribution in [1.29, 1.82) is 5.41 Å². The molecule has 1 saturated carbocycles. The van der Waals surface area contributed by atoms with E-state index in [1.807, 2.05) is 30.3 Å². The van der Waals surface area contributed by atoms with Crippen molar-refractivity contribution >= 4 is 5.91 Å². The van der Waals surface area contributed by atoms with Crippen molar-refractivity contribution in [3.05, 3.63) is 137 Å². The molecule has 1 atom stereocenters. The summed E-state index contributed by atoms with van der Waals surface area (Å²) in [4.78, 5) is 17.4. The van der Waals surface area contributed by atoms with Crippen molar-refractivity contribution in [3.8, 4) is 16.8 Å². The highest BCUT2D eigenvalue weighted by Gasteiger charge is 2.36. The second kappa shape index (κ2) is 11.6. The topological polar surface area (TPSA) is 75.7 Å². The summed E-state index contributed by atoms with van der Waals surface area (Å²) < 4.78 is 59.2. The highest BCUT2D eigenvalue weighted by molar-refractivity contribution is 5.96. The van der Waals surface area contributed by atoms with E-state index in [1.54, 1.807) is 52.7 Å². The zero-order chi connectivity index (χ0) is 31.0. The van der Waals surface area contributed by atoms with E-state index < -0.39 is 17.8 Å². The molecule has 1 aliphatic rings. The van der Waals surface area contributed by atoms with Crippen LogP contribution in [-0.4, -0.2) is 20.0 Å². The fraction of sp³-hybridized carbons (Fsp3) is 0.206. The second-order valence-electron chi connectivity index (χ2n) is 11.1. The quantitative estimate of drug-likeness (QED) is 0.185. The molecule has 224 valence electrons. The number of alkyl halides is 3. The number of halogens is 4. The number of hydrogen-bond acceptors (Lipinski definition) is 3. The Morgan fingerprint density at radius 2 is 1.80 bits per heavy atom. The average Bonchev–Trinajstić information content (AvgIpc) is 3.80. The highest BCUT2D eigenvalue weighted by Crippen LogP contribution is 2.42. The fourth-order valence-corrected chi connectivity index (χ4v) is 5.47. The number of carbonyl (C=O) groups is 1. The third-order valence-electron chi connectivity index (χ3n) is 7.85. The number of rotatable bonds is 8. The van der Waals surface area contributed by atoms with Crippen LogP contribution in [0.15, 0.2) is 97.5 Å². The summed E-state index contributed by atoms with van der Waals surface area (Å²) in [5.41, 5.74) is 1.88. The molecule has 3 aromatic carbocycles. The van der Waals surface area contributed by atoms with Gasteiger partial charge in [-0.3, -0.25) is 19.8 Å². The minimum Gasteiger partial charge on any atom is -0.345 e. The number of aryl methyl sites for hydroxylation is 1. The van der Waals surface area contributed by atoms with Crippen molar-refractivity contribution < 1.29 is 22.4 Å². The summed E-state index contributed by atoms with van der Waals surface area (Å²) in [5.74, 6) is -0.612. The number of para-hydroxylation sites is 1. The summed E-state index contributed by atoms with van der Waals surface area (Å²) in [7, 11) is 0. The van der Waals surface area contributed by atoms with Gasteiger partial charge in [0.15, 0.2) is 5.69 Å². The summed E-state index contributed by atoms with van der Waals surface area (Å²) >= 11 is 0. The molecular formula is C34H29F4N5O. The Bertz CT molecular complexity index is 1890. The molecule has 1 fully saturated rings. The van der Waals surface area contributed by atoms with Crippen LogP contribution in [-0.2, 0) is 12.7 Å². The molecule has 0 aliphatic heterocycles. The minimum atomic E-state index is -4.71. The van der Waals surface area contributed by atoms with Gasteiger partial charge in [0, 0.05) is 35.4 Å². The number of imidazole rings is 1. The van der Waals surface area contributed by atoms with E-state index in [9.17, 15) is 22.4 Å². The van der Waals surface area contributed by atoms with Crippen LogP contribution in [0.2, 0.25) is 0 Å². The van der Waals surface area contributed by atoms with E-state index in [0.717, 1.165) is 30.3 Å². The minimum absolute atomic E-state index is 0.137. The normalized spacial score (nSPS) is 13.9. The van der Waals surface area contributed by atoms with E-state index in [0.29, 0.717) is 11.1 Å². The maximum atomic E-state index is 14.0. The number of pyridine rings is 1. The molecule has 0 saturated heterocycles. The molecule has 6 rings (SSSR count). The number of benzene rings is 3. The van der Waals surface area contributed by atoms with Crippen molar-refractivity contribution in [2.24, 2.45) is 5.92 Å². The molecule has 2 N–H and O–H groups in total. The first-order valence-corrected chi connectivity index (χ1v) is 14.2. The van der Waals surface area contributed by atoms with Gasteiger partial charge < -0.3 is 9.88 Å². The first-order chi connectivity index (χ1) is 21.1. The molecule has 6 nitrogen and oxygen atoms in total. The van der Waals surface area contributed by atoms with Crippen LogP contribution in [0.1, 0.15) is 51.6 Å². The predicted octanol–water partition coefficient (Wildman–Crippen LogP) is 7.22. The van der Waals surface area contributed by atoms with Crippen LogP contribution < -0.4 is 10.9 Å². The molecule has 2 aromatic heterocycles. The van der Waals surface area contributed by atoms with E-state index in [4.69, 9.17) is 5.41 Å². The van der Waals surface area contributed by atoms with Crippen molar-refractivity contribution in [3.63, 3.8) is 0 Å².